The van der Waals surface area contributed by atoms with Gasteiger partial charge in [-0.1, -0.05) is 35.9 Å². The number of carbonyl (C=O) groups is 1. The van der Waals surface area contributed by atoms with Crippen LogP contribution in [0.5, 0.6) is 5.75 Å². The van der Waals surface area contributed by atoms with Crippen molar-refractivity contribution >= 4 is 28.9 Å². The summed E-state index contributed by atoms with van der Waals surface area (Å²) >= 11 is 6.06. The monoisotopic (exact) mass is 381 g/mol. The Hall–Kier alpha value is -3.05. The van der Waals surface area contributed by atoms with E-state index in [1.165, 1.54) is 0 Å². The maximum absolute atomic E-state index is 12.5. The zero-order chi connectivity index (χ0) is 19.2. The third-order valence-electron chi connectivity index (χ3n) is 4.10. The molecule has 1 heterocycles. The normalized spacial score (nSPS) is 10.3. The van der Waals surface area contributed by atoms with Crippen LogP contribution in [-0.4, -0.2) is 18.0 Å². The molecule has 6 heteroatoms. The van der Waals surface area contributed by atoms with E-state index >= 15 is 0 Å². The second-order valence-corrected chi connectivity index (χ2v) is 6.44. The number of rotatable bonds is 6. The second kappa shape index (κ2) is 8.56. The molecule has 1 amide bonds. The average Bonchev–Trinajstić information content (AvgIpc) is 2.69. The van der Waals surface area contributed by atoms with Crippen molar-refractivity contribution in [3.63, 3.8) is 0 Å². The van der Waals surface area contributed by atoms with Gasteiger partial charge in [-0.05, 0) is 42.8 Å². The molecule has 138 valence electrons. The quantitative estimate of drug-likeness (QED) is 0.648. The molecule has 0 atom stereocenters. The summed E-state index contributed by atoms with van der Waals surface area (Å²) in [5.41, 5.74) is 3.93. The summed E-state index contributed by atoms with van der Waals surface area (Å²) in [6.07, 6.45) is 1.60. The maximum atomic E-state index is 12.5. The van der Waals surface area contributed by atoms with Crippen molar-refractivity contribution in [2.45, 2.75) is 13.5 Å². The van der Waals surface area contributed by atoms with Gasteiger partial charge < -0.3 is 15.4 Å². The Balaban J connectivity index is 1.71. The zero-order valence-electron chi connectivity index (χ0n) is 15.1. The van der Waals surface area contributed by atoms with Crippen LogP contribution in [0, 0.1) is 6.92 Å². The first kappa shape index (κ1) is 18.7. The first-order chi connectivity index (χ1) is 13.1. The highest BCUT2D eigenvalue weighted by Gasteiger charge is 2.10. The smallest absolute Gasteiger partial charge is 0.270 e. The molecular formula is C21H20ClN3O2. The topological polar surface area (TPSA) is 63.2 Å². The van der Waals surface area contributed by atoms with Gasteiger partial charge in [-0.3, -0.25) is 9.78 Å². The molecule has 2 N–H and O–H groups in total. The number of amides is 1. The van der Waals surface area contributed by atoms with E-state index in [1.54, 1.807) is 25.4 Å². The van der Waals surface area contributed by atoms with Crippen molar-refractivity contribution < 1.29 is 9.53 Å². The van der Waals surface area contributed by atoms with Crippen LogP contribution in [-0.2, 0) is 6.54 Å². The molecule has 0 unspecified atom stereocenters. The Bertz CT molecular complexity index is 960. The van der Waals surface area contributed by atoms with Crippen LogP contribution >= 0.6 is 11.6 Å². The minimum Gasteiger partial charge on any atom is -0.496 e. The van der Waals surface area contributed by atoms with E-state index in [4.69, 9.17) is 16.3 Å². The Morgan fingerprint density at radius 3 is 2.78 bits per heavy atom. The summed E-state index contributed by atoms with van der Waals surface area (Å²) < 4.78 is 5.30. The van der Waals surface area contributed by atoms with E-state index in [0.29, 0.717) is 17.3 Å². The predicted molar refractivity (Wildman–Crippen MR) is 108 cm³/mol. The van der Waals surface area contributed by atoms with E-state index in [9.17, 15) is 4.79 Å². The molecule has 0 saturated heterocycles. The van der Waals surface area contributed by atoms with Crippen molar-refractivity contribution in [2.75, 3.05) is 12.4 Å². The number of methoxy groups -OCH3 is 1. The van der Waals surface area contributed by atoms with Gasteiger partial charge in [0.25, 0.3) is 5.91 Å². The van der Waals surface area contributed by atoms with E-state index in [1.807, 2.05) is 49.4 Å². The first-order valence-corrected chi connectivity index (χ1v) is 8.84. The van der Waals surface area contributed by atoms with Crippen LogP contribution in [0.1, 0.15) is 21.6 Å². The van der Waals surface area contributed by atoms with E-state index < -0.39 is 0 Å². The number of hydrogen-bond donors (Lipinski definition) is 2. The summed E-state index contributed by atoms with van der Waals surface area (Å²) in [5.74, 6) is 0.477. The molecular weight excluding hydrogens is 362 g/mol. The molecule has 3 aromatic rings. The predicted octanol–water partition coefficient (Wildman–Crippen LogP) is 4.73. The van der Waals surface area contributed by atoms with Gasteiger partial charge in [-0.2, -0.15) is 0 Å². The van der Waals surface area contributed by atoms with Gasteiger partial charge in [-0.25, -0.2) is 0 Å². The second-order valence-electron chi connectivity index (χ2n) is 6.01. The highest BCUT2D eigenvalue weighted by Crippen LogP contribution is 2.24. The number of ether oxygens (including phenoxy) is 1. The van der Waals surface area contributed by atoms with Crippen LogP contribution in [0.3, 0.4) is 0 Å². The highest BCUT2D eigenvalue weighted by atomic mass is 35.5. The number of nitrogens with zero attached hydrogens (tertiary/aromatic N) is 1. The number of anilines is 2. The Labute approximate surface area is 163 Å². The lowest BCUT2D eigenvalue weighted by Crippen LogP contribution is -2.24. The van der Waals surface area contributed by atoms with Gasteiger partial charge in [-0.15, -0.1) is 0 Å². The van der Waals surface area contributed by atoms with Gasteiger partial charge >= 0.3 is 0 Å². The van der Waals surface area contributed by atoms with Crippen molar-refractivity contribution in [1.29, 1.82) is 0 Å². The minimum absolute atomic E-state index is 0.257. The van der Waals surface area contributed by atoms with Crippen LogP contribution in [0.4, 0.5) is 11.4 Å². The van der Waals surface area contributed by atoms with Crippen molar-refractivity contribution in [3.8, 4) is 5.75 Å². The number of aryl methyl sites for hydroxylation is 1. The van der Waals surface area contributed by atoms with Crippen molar-refractivity contribution in [3.05, 3.63) is 82.6 Å². The lowest BCUT2D eigenvalue weighted by Gasteiger charge is -2.12. The number of hydrogen-bond acceptors (Lipinski definition) is 4. The molecule has 0 spiro atoms. The Kier molecular flexibility index (Phi) is 5.94. The third kappa shape index (κ3) is 4.77. The van der Waals surface area contributed by atoms with Gasteiger partial charge in [0.1, 0.15) is 11.4 Å². The standard InChI is InChI=1S/C21H20ClN3O2/c1-14-7-8-16(22)11-18(14)25-17-9-10-23-19(12-17)21(26)24-13-15-5-3-4-6-20(15)27-2/h3-12H,13H2,1-2H3,(H,23,25)(H,24,26). The molecule has 0 fully saturated rings. The molecule has 0 aliphatic rings. The van der Waals surface area contributed by atoms with Gasteiger partial charge in [0.2, 0.25) is 0 Å². The van der Waals surface area contributed by atoms with E-state index in [-0.39, 0.29) is 5.91 Å². The summed E-state index contributed by atoms with van der Waals surface area (Å²) in [6.45, 7) is 2.34. The van der Waals surface area contributed by atoms with Crippen molar-refractivity contribution in [2.24, 2.45) is 0 Å². The molecule has 27 heavy (non-hydrogen) atoms. The summed E-state index contributed by atoms with van der Waals surface area (Å²) in [7, 11) is 1.61. The average molecular weight is 382 g/mol. The molecule has 3 rings (SSSR count). The number of nitrogens with one attached hydrogen (secondary N) is 2. The van der Waals surface area contributed by atoms with Crippen LogP contribution in [0.25, 0.3) is 0 Å². The largest absolute Gasteiger partial charge is 0.496 e. The molecule has 1 aromatic heterocycles. The number of halogens is 1. The summed E-state index contributed by atoms with van der Waals surface area (Å²) in [5, 5.41) is 6.79. The van der Waals surface area contributed by atoms with Crippen LogP contribution < -0.4 is 15.4 Å². The summed E-state index contributed by atoms with van der Waals surface area (Å²) in [6, 6.07) is 16.7. The Morgan fingerprint density at radius 2 is 1.96 bits per heavy atom. The molecule has 0 bridgehead atoms. The number of carbonyl (C=O) groups excluding carboxylic acids is 1. The van der Waals surface area contributed by atoms with Gasteiger partial charge in [0, 0.05) is 34.7 Å². The van der Waals surface area contributed by atoms with Crippen molar-refractivity contribution in [1.82, 2.24) is 10.3 Å². The van der Waals surface area contributed by atoms with Gasteiger partial charge in [0.15, 0.2) is 0 Å². The summed E-state index contributed by atoms with van der Waals surface area (Å²) in [4.78, 5) is 16.6. The lowest BCUT2D eigenvalue weighted by molar-refractivity contribution is 0.0945. The molecule has 2 aromatic carbocycles. The number of para-hydroxylation sites is 1. The van der Waals surface area contributed by atoms with Crippen LogP contribution in [0.15, 0.2) is 60.8 Å². The molecule has 0 aliphatic heterocycles. The molecule has 0 aliphatic carbocycles. The zero-order valence-corrected chi connectivity index (χ0v) is 15.9. The maximum Gasteiger partial charge on any atom is 0.270 e. The molecule has 0 saturated carbocycles. The number of pyridine rings is 1. The third-order valence-corrected chi connectivity index (χ3v) is 4.34. The fraction of sp³-hybridized carbons (Fsp3) is 0.143. The van der Waals surface area contributed by atoms with Gasteiger partial charge in [0.05, 0.1) is 7.11 Å². The number of aromatic nitrogens is 1. The van der Waals surface area contributed by atoms with E-state index in [0.717, 1.165) is 28.3 Å². The SMILES string of the molecule is COc1ccccc1CNC(=O)c1cc(Nc2cc(Cl)ccc2C)ccn1. The fourth-order valence-corrected chi connectivity index (χ4v) is 2.80. The van der Waals surface area contributed by atoms with Crippen LogP contribution in [0.2, 0.25) is 5.02 Å². The fourth-order valence-electron chi connectivity index (χ4n) is 2.63. The Morgan fingerprint density at radius 1 is 1.15 bits per heavy atom. The minimum atomic E-state index is -0.257. The molecule has 0 radical (unpaired) electrons. The molecule has 5 nitrogen and oxygen atoms in total. The number of benzene rings is 2. The lowest BCUT2D eigenvalue weighted by atomic mass is 10.2. The highest BCUT2D eigenvalue weighted by molar-refractivity contribution is 6.30. The van der Waals surface area contributed by atoms with E-state index in [2.05, 4.69) is 15.6 Å². The first-order valence-electron chi connectivity index (χ1n) is 8.46.